The first-order chi connectivity index (χ1) is 16.0. The zero-order valence-electron chi connectivity index (χ0n) is 19.3. The van der Waals surface area contributed by atoms with Gasteiger partial charge in [-0.2, -0.15) is 0 Å². The average molecular weight is 460 g/mol. The van der Waals surface area contributed by atoms with Crippen LogP contribution in [0.3, 0.4) is 0 Å². The molecule has 0 saturated heterocycles. The zero-order chi connectivity index (χ0) is 23.4. The first kappa shape index (κ1) is 23.6. The van der Waals surface area contributed by atoms with Gasteiger partial charge in [-0.25, -0.2) is 8.78 Å². The Morgan fingerprint density at radius 3 is 2.64 bits per heavy atom. The molecular formula is C26H32F3N3O. The monoisotopic (exact) mass is 459 g/mol. The van der Waals surface area contributed by atoms with Gasteiger partial charge in [0.25, 0.3) is 0 Å². The normalized spacial score (nSPS) is 18.6. The van der Waals surface area contributed by atoms with Gasteiger partial charge in [0.1, 0.15) is 24.0 Å². The lowest BCUT2D eigenvalue weighted by atomic mass is 9.88. The van der Waals surface area contributed by atoms with Gasteiger partial charge in [0.15, 0.2) is 0 Å². The molecule has 0 radical (unpaired) electrons. The van der Waals surface area contributed by atoms with Crippen molar-refractivity contribution in [1.29, 1.82) is 0 Å². The fourth-order valence-electron chi connectivity index (χ4n) is 4.89. The summed E-state index contributed by atoms with van der Waals surface area (Å²) in [5.41, 5.74) is 3.04. The Balaban J connectivity index is 1.66. The number of aromatic nitrogens is 1. The molecule has 0 aliphatic carbocycles. The largest absolute Gasteiger partial charge is 0.492 e. The van der Waals surface area contributed by atoms with Crippen molar-refractivity contribution in [3.05, 3.63) is 64.9 Å². The zero-order valence-corrected chi connectivity index (χ0v) is 19.3. The minimum Gasteiger partial charge on any atom is -0.492 e. The van der Waals surface area contributed by atoms with Crippen molar-refractivity contribution in [3.63, 3.8) is 0 Å². The molecule has 1 unspecified atom stereocenters. The Hall–Kier alpha value is -2.51. The van der Waals surface area contributed by atoms with Crippen LogP contribution in [0.15, 0.2) is 36.4 Å². The van der Waals surface area contributed by atoms with Gasteiger partial charge < -0.3 is 15.0 Å². The van der Waals surface area contributed by atoms with Gasteiger partial charge in [0.2, 0.25) is 0 Å². The standard InChI is InChI=1S/C26H32F3N3O/c1-3-12-32-17(2)14-20-19-7-4-5-8-23(19)31-25(20)26(32)24-21(28)15-18(16-22(24)29)33-13-11-30-10-6-9-27/h4-5,7-8,15-17,26,30-31H,3,6,9-14H2,1-2H3/t17-,26?/m1/s1. The highest BCUT2D eigenvalue weighted by atomic mass is 19.1. The van der Waals surface area contributed by atoms with E-state index in [0.717, 1.165) is 41.5 Å². The molecule has 7 heteroatoms. The summed E-state index contributed by atoms with van der Waals surface area (Å²) in [5.74, 6) is -1.07. The van der Waals surface area contributed by atoms with Crippen molar-refractivity contribution in [2.24, 2.45) is 0 Å². The van der Waals surface area contributed by atoms with Gasteiger partial charge in [0.05, 0.1) is 12.7 Å². The molecule has 0 bridgehead atoms. The van der Waals surface area contributed by atoms with Crippen LogP contribution < -0.4 is 10.1 Å². The van der Waals surface area contributed by atoms with Crippen LogP contribution in [0.5, 0.6) is 5.75 Å². The van der Waals surface area contributed by atoms with E-state index in [1.807, 2.05) is 18.2 Å². The van der Waals surface area contributed by atoms with Crippen LogP contribution in [0.4, 0.5) is 13.2 Å². The van der Waals surface area contributed by atoms with E-state index in [1.54, 1.807) is 0 Å². The predicted molar refractivity (Wildman–Crippen MR) is 126 cm³/mol. The number of para-hydroxylation sites is 1. The van der Waals surface area contributed by atoms with E-state index in [1.165, 1.54) is 12.1 Å². The Morgan fingerprint density at radius 2 is 1.91 bits per heavy atom. The summed E-state index contributed by atoms with van der Waals surface area (Å²) in [6.45, 7) is 5.84. The van der Waals surface area contributed by atoms with Crippen LogP contribution in [0.25, 0.3) is 10.9 Å². The number of nitrogens with one attached hydrogen (secondary N) is 2. The number of ether oxygens (including phenoxy) is 1. The molecule has 33 heavy (non-hydrogen) atoms. The number of nitrogens with zero attached hydrogens (tertiary/aromatic N) is 1. The van der Waals surface area contributed by atoms with Gasteiger partial charge in [-0.05, 0) is 50.9 Å². The lowest BCUT2D eigenvalue weighted by Gasteiger charge is -2.41. The van der Waals surface area contributed by atoms with E-state index < -0.39 is 17.7 Å². The van der Waals surface area contributed by atoms with Crippen LogP contribution in [0.2, 0.25) is 0 Å². The molecular weight excluding hydrogens is 427 g/mol. The smallest absolute Gasteiger partial charge is 0.135 e. The number of H-pyrrole nitrogens is 1. The summed E-state index contributed by atoms with van der Waals surface area (Å²) in [6, 6.07) is 10.2. The van der Waals surface area contributed by atoms with E-state index in [-0.39, 0.29) is 30.6 Å². The number of alkyl halides is 1. The molecule has 3 aromatic rings. The second-order valence-electron chi connectivity index (χ2n) is 8.70. The molecule has 4 nitrogen and oxygen atoms in total. The number of benzene rings is 2. The molecule has 2 atom stereocenters. The topological polar surface area (TPSA) is 40.3 Å². The molecule has 0 amide bonds. The van der Waals surface area contributed by atoms with Crippen molar-refractivity contribution >= 4 is 10.9 Å². The number of hydrogen-bond donors (Lipinski definition) is 2. The molecule has 2 N–H and O–H groups in total. The van der Waals surface area contributed by atoms with E-state index >= 15 is 8.78 Å². The lowest BCUT2D eigenvalue weighted by molar-refractivity contribution is 0.143. The summed E-state index contributed by atoms with van der Waals surface area (Å²) in [4.78, 5) is 5.65. The molecule has 4 rings (SSSR count). The number of rotatable bonds is 10. The van der Waals surface area contributed by atoms with Crippen LogP contribution in [-0.4, -0.2) is 48.8 Å². The molecule has 1 aliphatic heterocycles. The van der Waals surface area contributed by atoms with Crippen LogP contribution in [-0.2, 0) is 6.42 Å². The van der Waals surface area contributed by atoms with E-state index in [4.69, 9.17) is 4.74 Å². The molecule has 178 valence electrons. The van der Waals surface area contributed by atoms with Gasteiger partial charge in [-0.3, -0.25) is 9.29 Å². The quantitative estimate of drug-likeness (QED) is 0.392. The van der Waals surface area contributed by atoms with Gasteiger partial charge in [-0.15, -0.1) is 0 Å². The molecule has 1 aliphatic rings. The van der Waals surface area contributed by atoms with Crippen LogP contribution in [0.1, 0.15) is 49.6 Å². The molecule has 2 heterocycles. The highest BCUT2D eigenvalue weighted by molar-refractivity contribution is 5.85. The molecule has 1 aromatic heterocycles. The maximum absolute atomic E-state index is 15.4. The first-order valence-electron chi connectivity index (χ1n) is 11.8. The number of halogens is 3. The van der Waals surface area contributed by atoms with Crippen molar-refractivity contribution in [2.45, 2.75) is 45.2 Å². The van der Waals surface area contributed by atoms with Crippen LogP contribution in [0, 0.1) is 11.6 Å². The fourth-order valence-corrected chi connectivity index (χ4v) is 4.89. The third-order valence-electron chi connectivity index (χ3n) is 6.36. The van der Waals surface area contributed by atoms with E-state index in [2.05, 4.69) is 35.1 Å². The van der Waals surface area contributed by atoms with Crippen LogP contribution >= 0.6 is 0 Å². The lowest BCUT2D eigenvalue weighted by Crippen LogP contribution is -2.43. The van der Waals surface area contributed by atoms with Gasteiger partial charge in [0, 0.05) is 46.9 Å². The maximum Gasteiger partial charge on any atom is 0.135 e. The molecule has 2 aromatic carbocycles. The van der Waals surface area contributed by atoms with Crippen molar-refractivity contribution < 1.29 is 17.9 Å². The van der Waals surface area contributed by atoms with Gasteiger partial charge >= 0.3 is 0 Å². The summed E-state index contributed by atoms with van der Waals surface area (Å²) in [7, 11) is 0. The summed E-state index contributed by atoms with van der Waals surface area (Å²) in [5, 5.41) is 4.15. The second-order valence-corrected chi connectivity index (χ2v) is 8.70. The van der Waals surface area contributed by atoms with E-state index in [9.17, 15) is 4.39 Å². The minimum atomic E-state index is -0.611. The highest BCUT2D eigenvalue weighted by Crippen LogP contribution is 2.43. The Morgan fingerprint density at radius 1 is 1.15 bits per heavy atom. The summed E-state index contributed by atoms with van der Waals surface area (Å²) < 4.78 is 48.6. The number of hydrogen-bond acceptors (Lipinski definition) is 3. The van der Waals surface area contributed by atoms with E-state index in [0.29, 0.717) is 19.5 Å². The molecule has 0 fully saturated rings. The molecule has 0 spiro atoms. The molecule has 0 saturated carbocycles. The Labute approximate surface area is 193 Å². The average Bonchev–Trinajstić information content (AvgIpc) is 3.16. The van der Waals surface area contributed by atoms with Crippen molar-refractivity contribution in [1.82, 2.24) is 15.2 Å². The van der Waals surface area contributed by atoms with Crippen molar-refractivity contribution in [3.8, 4) is 5.75 Å². The van der Waals surface area contributed by atoms with Crippen molar-refractivity contribution in [2.75, 3.05) is 32.9 Å². The highest BCUT2D eigenvalue weighted by Gasteiger charge is 2.38. The van der Waals surface area contributed by atoms with Gasteiger partial charge in [-0.1, -0.05) is 25.1 Å². The second kappa shape index (κ2) is 10.6. The minimum absolute atomic E-state index is 0.0521. The summed E-state index contributed by atoms with van der Waals surface area (Å²) in [6.07, 6.45) is 2.15. The first-order valence-corrected chi connectivity index (χ1v) is 11.8. The number of fused-ring (bicyclic) bond motifs is 3. The Kier molecular flexibility index (Phi) is 7.60. The number of aromatic amines is 1. The predicted octanol–water partition coefficient (Wildman–Crippen LogP) is 5.52. The summed E-state index contributed by atoms with van der Waals surface area (Å²) >= 11 is 0. The third kappa shape index (κ3) is 4.89. The Bertz CT molecular complexity index is 1060. The fraction of sp³-hybridized carbons (Fsp3) is 0.462. The third-order valence-corrected chi connectivity index (χ3v) is 6.36. The maximum atomic E-state index is 15.4. The SMILES string of the molecule is CCCN1C(c2c(F)cc(OCCNCCCF)cc2F)c2[nH]c3ccccc3c2C[C@H]1C.